The zero-order chi connectivity index (χ0) is 12.1. The Hall–Kier alpha value is -1.06. The van der Waals surface area contributed by atoms with E-state index in [0.717, 1.165) is 5.69 Å². The number of anilines is 1. The van der Waals surface area contributed by atoms with Crippen LogP contribution in [0.5, 0.6) is 0 Å². The van der Waals surface area contributed by atoms with Gasteiger partial charge in [-0.1, -0.05) is 17.7 Å². The van der Waals surface area contributed by atoms with Gasteiger partial charge < -0.3 is 5.32 Å². The molecule has 0 spiro atoms. The molecule has 0 aliphatic heterocycles. The number of benzene rings is 1. The SMILES string of the molecule is CC(C)N(C)CC(=O)Nc1cccc(Cl)c1. The van der Waals surface area contributed by atoms with Crippen molar-refractivity contribution in [2.45, 2.75) is 19.9 Å². The average molecular weight is 241 g/mol. The van der Waals surface area contributed by atoms with E-state index in [9.17, 15) is 4.79 Å². The summed E-state index contributed by atoms with van der Waals surface area (Å²) in [5.74, 6) is -0.0292. The lowest BCUT2D eigenvalue weighted by Crippen LogP contribution is -2.34. The average Bonchev–Trinajstić information content (AvgIpc) is 2.16. The summed E-state index contributed by atoms with van der Waals surface area (Å²) in [6.07, 6.45) is 0. The molecule has 1 aromatic carbocycles. The Bertz CT molecular complexity index is 366. The number of amides is 1. The van der Waals surface area contributed by atoms with Gasteiger partial charge in [-0.15, -0.1) is 0 Å². The first kappa shape index (κ1) is 13.0. The smallest absolute Gasteiger partial charge is 0.238 e. The minimum absolute atomic E-state index is 0.0292. The Morgan fingerprint density at radius 2 is 2.19 bits per heavy atom. The lowest BCUT2D eigenvalue weighted by Gasteiger charge is -2.20. The van der Waals surface area contributed by atoms with Gasteiger partial charge in [-0.3, -0.25) is 9.69 Å². The Kier molecular flexibility index (Phi) is 4.77. The maximum absolute atomic E-state index is 11.6. The van der Waals surface area contributed by atoms with Gasteiger partial charge >= 0.3 is 0 Å². The van der Waals surface area contributed by atoms with E-state index in [2.05, 4.69) is 5.32 Å². The van der Waals surface area contributed by atoms with Gasteiger partial charge in [0.2, 0.25) is 5.91 Å². The monoisotopic (exact) mass is 240 g/mol. The van der Waals surface area contributed by atoms with Crippen molar-refractivity contribution in [1.29, 1.82) is 0 Å². The second kappa shape index (κ2) is 5.87. The van der Waals surface area contributed by atoms with Crippen molar-refractivity contribution in [2.75, 3.05) is 18.9 Å². The minimum atomic E-state index is -0.0292. The fourth-order valence-electron chi connectivity index (χ4n) is 1.18. The third-order valence-corrected chi connectivity index (χ3v) is 2.62. The molecule has 4 heteroatoms. The Labute approximate surface area is 101 Å². The molecule has 0 atom stereocenters. The molecule has 3 nitrogen and oxygen atoms in total. The molecule has 0 unspecified atom stereocenters. The normalized spacial score (nSPS) is 10.9. The summed E-state index contributed by atoms with van der Waals surface area (Å²) in [6, 6.07) is 7.49. The molecule has 0 fully saturated rings. The molecule has 0 aliphatic rings. The molecule has 88 valence electrons. The Morgan fingerprint density at radius 3 is 2.75 bits per heavy atom. The molecule has 0 heterocycles. The number of carbonyl (C=O) groups is 1. The fourth-order valence-corrected chi connectivity index (χ4v) is 1.37. The van der Waals surface area contributed by atoms with Crippen LogP contribution >= 0.6 is 11.6 Å². The van der Waals surface area contributed by atoms with Crippen LogP contribution in [0.4, 0.5) is 5.69 Å². The highest BCUT2D eigenvalue weighted by Gasteiger charge is 2.09. The van der Waals surface area contributed by atoms with Gasteiger partial charge in [-0.05, 0) is 39.1 Å². The molecular weight excluding hydrogens is 224 g/mol. The van der Waals surface area contributed by atoms with Gasteiger partial charge in [0, 0.05) is 16.8 Å². The van der Waals surface area contributed by atoms with E-state index in [1.165, 1.54) is 0 Å². The molecule has 16 heavy (non-hydrogen) atoms. The minimum Gasteiger partial charge on any atom is -0.325 e. The van der Waals surface area contributed by atoms with Gasteiger partial charge in [0.15, 0.2) is 0 Å². The first-order valence-electron chi connectivity index (χ1n) is 5.24. The van der Waals surface area contributed by atoms with Crippen LogP contribution in [0.2, 0.25) is 5.02 Å². The number of likely N-dealkylation sites (N-methyl/N-ethyl adjacent to an activating group) is 1. The zero-order valence-corrected chi connectivity index (χ0v) is 10.6. The van der Waals surface area contributed by atoms with Crippen molar-refractivity contribution in [3.63, 3.8) is 0 Å². The first-order chi connectivity index (χ1) is 7.49. The van der Waals surface area contributed by atoms with E-state index < -0.39 is 0 Å². The van der Waals surface area contributed by atoms with Gasteiger partial charge in [0.05, 0.1) is 6.54 Å². The Balaban J connectivity index is 2.52. The molecule has 1 N–H and O–H groups in total. The molecule has 0 saturated carbocycles. The summed E-state index contributed by atoms with van der Waals surface area (Å²) in [6.45, 7) is 4.48. The Morgan fingerprint density at radius 1 is 1.50 bits per heavy atom. The van der Waals surface area contributed by atoms with Crippen molar-refractivity contribution in [2.24, 2.45) is 0 Å². The molecule has 1 aromatic rings. The van der Waals surface area contributed by atoms with E-state index in [1.807, 2.05) is 37.9 Å². The van der Waals surface area contributed by atoms with Crippen LogP contribution in [0.15, 0.2) is 24.3 Å². The quantitative estimate of drug-likeness (QED) is 0.878. The zero-order valence-electron chi connectivity index (χ0n) is 9.83. The van der Waals surface area contributed by atoms with E-state index >= 15 is 0 Å². The lowest BCUT2D eigenvalue weighted by molar-refractivity contribution is -0.117. The van der Waals surface area contributed by atoms with E-state index in [4.69, 9.17) is 11.6 Å². The van der Waals surface area contributed by atoms with Gasteiger partial charge in [-0.2, -0.15) is 0 Å². The van der Waals surface area contributed by atoms with Crippen molar-refractivity contribution < 1.29 is 4.79 Å². The maximum Gasteiger partial charge on any atom is 0.238 e. The standard InChI is InChI=1S/C12H17ClN2O/c1-9(2)15(3)8-12(16)14-11-6-4-5-10(13)7-11/h4-7,9H,8H2,1-3H3,(H,14,16). The lowest BCUT2D eigenvalue weighted by atomic mass is 10.3. The van der Waals surface area contributed by atoms with Crippen LogP contribution in [0, 0.1) is 0 Å². The molecule has 0 aromatic heterocycles. The predicted octanol–water partition coefficient (Wildman–Crippen LogP) is 2.62. The fraction of sp³-hybridized carbons (Fsp3) is 0.417. The summed E-state index contributed by atoms with van der Waals surface area (Å²) < 4.78 is 0. The number of nitrogens with one attached hydrogen (secondary N) is 1. The molecule has 0 radical (unpaired) electrons. The largest absolute Gasteiger partial charge is 0.325 e. The summed E-state index contributed by atoms with van der Waals surface area (Å²) in [4.78, 5) is 13.6. The summed E-state index contributed by atoms with van der Waals surface area (Å²) >= 11 is 5.82. The molecule has 0 bridgehead atoms. The van der Waals surface area contributed by atoms with Crippen LogP contribution in [-0.2, 0) is 4.79 Å². The highest BCUT2D eigenvalue weighted by molar-refractivity contribution is 6.30. The third-order valence-electron chi connectivity index (χ3n) is 2.38. The highest BCUT2D eigenvalue weighted by atomic mass is 35.5. The molecular formula is C12H17ClN2O. The number of hydrogen-bond donors (Lipinski definition) is 1. The van der Waals surface area contributed by atoms with Crippen LogP contribution in [0.25, 0.3) is 0 Å². The molecule has 1 rings (SSSR count). The van der Waals surface area contributed by atoms with Crippen molar-refractivity contribution in [1.82, 2.24) is 4.90 Å². The summed E-state index contributed by atoms with van der Waals surface area (Å²) in [7, 11) is 1.92. The number of hydrogen-bond acceptors (Lipinski definition) is 2. The highest BCUT2D eigenvalue weighted by Crippen LogP contribution is 2.14. The van der Waals surface area contributed by atoms with Crippen molar-refractivity contribution in [3.8, 4) is 0 Å². The number of halogens is 1. The van der Waals surface area contributed by atoms with Gasteiger partial charge in [0.25, 0.3) is 0 Å². The van der Waals surface area contributed by atoms with Crippen LogP contribution in [0.3, 0.4) is 0 Å². The summed E-state index contributed by atoms with van der Waals surface area (Å²) in [5, 5.41) is 3.42. The molecule has 1 amide bonds. The number of nitrogens with zero attached hydrogens (tertiary/aromatic N) is 1. The van der Waals surface area contributed by atoms with E-state index in [-0.39, 0.29) is 5.91 Å². The second-order valence-corrected chi connectivity index (χ2v) is 4.50. The molecule has 0 aliphatic carbocycles. The summed E-state index contributed by atoms with van der Waals surface area (Å²) in [5.41, 5.74) is 0.731. The topological polar surface area (TPSA) is 32.3 Å². The van der Waals surface area contributed by atoms with Crippen LogP contribution in [-0.4, -0.2) is 30.4 Å². The molecule has 0 saturated heterocycles. The van der Waals surface area contributed by atoms with E-state index in [0.29, 0.717) is 17.6 Å². The third kappa shape index (κ3) is 4.21. The van der Waals surface area contributed by atoms with Crippen LogP contribution in [0.1, 0.15) is 13.8 Å². The first-order valence-corrected chi connectivity index (χ1v) is 5.62. The second-order valence-electron chi connectivity index (χ2n) is 4.07. The maximum atomic E-state index is 11.6. The van der Waals surface area contributed by atoms with Crippen molar-refractivity contribution in [3.05, 3.63) is 29.3 Å². The number of rotatable bonds is 4. The van der Waals surface area contributed by atoms with E-state index in [1.54, 1.807) is 12.1 Å². The van der Waals surface area contributed by atoms with Gasteiger partial charge in [0.1, 0.15) is 0 Å². The van der Waals surface area contributed by atoms with Gasteiger partial charge in [-0.25, -0.2) is 0 Å². The predicted molar refractivity (Wildman–Crippen MR) is 67.8 cm³/mol. The van der Waals surface area contributed by atoms with Crippen LogP contribution < -0.4 is 5.32 Å². The van der Waals surface area contributed by atoms with Crippen molar-refractivity contribution >= 4 is 23.2 Å². The number of carbonyl (C=O) groups excluding carboxylic acids is 1.